The minimum Gasteiger partial charge on any atom is -0.496 e. The molecule has 0 amide bonds. The first-order chi connectivity index (χ1) is 8.22. The van der Waals surface area contributed by atoms with E-state index in [-0.39, 0.29) is 5.82 Å². The summed E-state index contributed by atoms with van der Waals surface area (Å²) in [5.41, 5.74) is 1.42. The molecule has 1 N–H and O–H groups in total. The summed E-state index contributed by atoms with van der Waals surface area (Å²) >= 11 is 0. The van der Waals surface area contributed by atoms with Crippen LogP contribution in [-0.4, -0.2) is 22.3 Å². The third-order valence-electron chi connectivity index (χ3n) is 2.87. The monoisotopic (exact) mass is 231 g/mol. The van der Waals surface area contributed by atoms with Crippen molar-refractivity contribution in [3.05, 3.63) is 29.8 Å². The summed E-state index contributed by atoms with van der Waals surface area (Å²) in [7, 11) is 1.56. The molecule has 0 atom stereocenters. The molecule has 0 radical (unpaired) electrons. The molecular weight excluding hydrogens is 221 g/mol. The SMILES string of the molecule is COc1ccc(F)c2cnc3n[nH]c(C)c3c12. The quantitative estimate of drug-likeness (QED) is 0.700. The number of nitrogens with zero attached hydrogens (tertiary/aromatic N) is 2. The van der Waals surface area contributed by atoms with Crippen LogP contribution in [0, 0.1) is 12.7 Å². The lowest BCUT2D eigenvalue weighted by atomic mass is 10.1. The number of pyridine rings is 1. The summed E-state index contributed by atoms with van der Waals surface area (Å²) in [5.74, 6) is 0.314. The van der Waals surface area contributed by atoms with E-state index in [1.807, 2.05) is 6.92 Å². The van der Waals surface area contributed by atoms with Crippen LogP contribution in [0.3, 0.4) is 0 Å². The maximum absolute atomic E-state index is 13.7. The normalized spacial score (nSPS) is 11.2. The van der Waals surface area contributed by atoms with E-state index >= 15 is 0 Å². The third-order valence-corrected chi connectivity index (χ3v) is 2.87. The fraction of sp³-hybridized carbons (Fsp3) is 0.167. The van der Waals surface area contributed by atoms with Crippen LogP contribution < -0.4 is 4.74 Å². The molecule has 0 unspecified atom stereocenters. The van der Waals surface area contributed by atoms with E-state index in [4.69, 9.17) is 4.74 Å². The second-order valence-electron chi connectivity index (χ2n) is 3.84. The van der Waals surface area contributed by atoms with Gasteiger partial charge in [0.2, 0.25) is 0 Å². The Kier molecular flexibility index (Phi) is 2.01. The summed E-state index contributed by atoms with van der Waals surface area (Å²) in [5, 5.41) is 8.87. The number of nitrogens with one attached hydrogen (secondary N) is 1. The average Bonchev–Trinajstić information content (AvgIpc) is 2.72. The highest BCUT2D eigenvalue weighted by Gasteiger charge is 2.14. The average molecular weight is 231 g/mol. The molecule has 0 saturated heterocycles. The van der Waals surface area contributed by atoms with E-state index in [0.29, 0.717) is 22.2 Å². The number of hydrogen-bond acceptors (Lipinski definition) is 3. The highest BCUT2D eigenvalue weighted by molar-refractivity contribution is 6.09. The zero-order chi connectivity index (χ0) is 12.0. The fourth-order valence-corrected chi connectivity index (χ4v) is 2.06. The number of H-pyrrole nitrogens is 1. The van der Waals surface area contributed by atoms with Gasteiger partial charge in [-0.25, -0.2) is 9.37 Å². The molecule has 17 heavy (non-hydrogen) atoms. The number of hydrogen-bond donors (Lipinski definition) is 1. The van der Waals surface area contributed by atoms with Gasteiger partial charge in [0.1, 0.15) is 11.6 Å². The summed E-state index contributed by atoms with van der Waals surface area (Å²) in [6.45, 7) is 1.88. The number of aryl methyl sites for hydroxylation is 1. The Morgan fingerprint density at radius 2 is 2.12 bits per heavy atom. The number of aromatic nitrogens is 3. The lowest BCUT2D eigenvalue weighted by Gasteiger charge is -2.07. The van der Waals surface area contributed by atoms with Gasteiger partial charge in [0.15, 0.2) is 5.65 Å². The predicted molar refractivity (Wildman–Crippen MR) is 62.6 cm³/mol. The molecule has 0 bridgehead atoms. The molecule has 3 rings (SSSR count). The van der Waals surface area contributed by atoms with E-state index in [2.05, 4.69) is 15.2 Å². The van der Waals surface area contributed by atoms with Gasteiger partial charge in [-0.05, 0) is 19.1 Å². The van der Waals surface area contributed by atoms with Gasteiger partial charge in [0.05, 0.1) is 12.5 Å². The van der Waals surface area contributed by atoms with Crippen LogP contribution in [-0.2, 0) is 0 Å². The summed E-state index contributed by atoms with van der Waals surface area (Å²) in [4.78, 5) is 4.13. The van der Waals surface area contributed by atoms with Crippen LogP contribution >= 0.6 is 0 Å². The molecule has 4 nitrogen and oxygen atoms in total. The van der Waals surface area contributed by atoms with Gasteiger partial charge < -0.3 is 4.74 Å². The van der Waals surface area contributed by atoms with Gasteiger partial charge >= 0.3 is 0 Å². The molecule has 0 aliphatic heterocycles. The number of aromatic amines is 1. The van der Waals surface area contributed by atoms with E-state index in [1.54, 1.807) is 13.2 Å². The highest BCUT2D eigenvalue weighted by atomic mass is 19.1. The van der Waals surface area contributed by atoms with Gasteiger partial charge in [-0.3, -0.25) is 5.10 Å². The first-order valence-electron chi connectivity index (χ1n) is 5.18. The Hall–Kier alpha value is -2.17. The molecule has 3 aromatic rings. The van der Waals surface area contributed by atoms with Gasteiger partial charge in [-0.15, -0.1) is 0 Å². The number of rotatable bonds is 1. The van der Waals surface area contributed by atoms with Crippen LogP contribution in [0.2, 0.25) is 0 Å². The summed E-state index contributed by atoms with van der Waals surface area (Å²) < 4.78 is 19.0. The van der Waals surface area contributed by atoms with Crippen molar-refractivity contribution < 1.29 is 9.13 Å². The largest absolute Gasteiger partial charge is 0.496 e. The number of ether oxygens (including phenoxy) is 1. The van der Waals surface area contributed by atoms with Gasteiger partial charge in [-0.1, -0.05) is 0 Å². The Bertz CT molecular complexity index is 720. The van der Waals surface area contributed by atoms with Crippen LogP contribution in [0.1, 0.15) is 5.69 Å². The standard InChI is InChI=1S/C12H10FN3O/c1-6-10-11-7(5-14-12(10)16-15-6)8(13)3-4-9(11)17-2/h3-5H,1-2H3,(H,14,15,16). The number of benzene rings is 1. The van der Waals surface area contributed by atoms with Gasteiger partial charge in [0, 0.05) is 22.7 Å². The minimum absolute atomic E-state index is 0.309. The molecule has 0 spiro atoms. The van der Waals surface area contributed by atoms with Crippen molar-refractivity contribution in [1.82, 2.24) is 15.2 Å². The lowest BCUT2D eigenvalue weighted by molar-refractivity contribution is 0.419. The topological polar surface area (TPSA) is 50.8 Å². The summed E-state index contributed by atoms with van der Waals surface area (Å²) in [6, 6.07) is 2.99. The smallest absolute Gasteiger partial charge is 0.181 e. The number of halogens is 1. The Morgan fingerprint density at radius 3 is 2.88 bits per heavy atom. The molecule has 0 aliphatic carbocycles. The van der Waals surface area contributed by atoms with Crippen LogP contribution in [0.5, 0.6) is 5.75 Å². The zero-order valence-corrected chi connectivity index (χ0v) is 9.41. The van der Waals surface area contributed by atoms with E-state index in [0.717, 1.165) is 11.1 Å². The van der Waals surface area contributed by atoms with Gasteiger partial charge in [0.25, 0.3) is 0 Å². The molecule has 2 heterocycles. The van der Waals surface area contributed by atoms with Crippen molar-refractivity contribution in [3.63, 3.8) is 0 Å². The van der Waals surface area contributed by atoms with Crippen LogP contribution in [0.25, 0.3) is 21.8 Å². The molecule has 86 valence electrons. The van der Waals surface area contributed by atoms with Crippen LogP contribution in [0.4, 0.5) is 4.39 Å². The van der Waals surface area contributed by atoms with Crippen molar-refractivity contribution in [2.75, 3.05) is 7.11 Å². The van der Waals surface area contributed by atoms with Crippen molar-refractivity contribution in [1.29, 1.82) is 0 Å². The maximum Gasteiger partial charge on any atom is 0.181 e. The van der Waals surface area contributed by atoms with Crippen molar-refractivity contribution >= 4 is 21.8 Å². The third kappa shape index (κ3) is 1.28. The second-order valence-corrected chi connectivity index (χ2v) is 3.84. The fourth-order valence-electron chi connectivity index (χ4n) is 2.06. The molecule has 0 fully saturated rings. The van der Waals surface area contributed by atoms with Gasteiger partial charge in [-0.2, -0.15) is 5.10 Å². The number of fused-ring (bicyclic) bond motifs is 3. The summed E-state index contributed by atoms with van der Waals surface area (Å²) in [6.07, 6.45) is 1.48. The van der Waals surface area contributed by atoms with E-state index in [9.17, 15) is 4.39 Å². The Labute approximate surface area is 96.4 Å². The molecular formula is C12H10FN3O. The van der Waals surface area contributed by atoms with Crippen LogP contribution in [0.15, 0.2) is 18.3 Å². The lowest BCUT2D eigenvalue weighted by Crippen LogP contribution is -1.90. The minimum atomic E-state index is -0.309. The Morgan fingerprint density at radius 1 is 1.29 bits per heavy atom. The molecule has 5 heteroatoms. The predicted octanol–water partition coefficient (Wildman–Crippen LogP) is 2.57. The maximum atomic E-state index is 13.7. The first kappa shape index (κ1) is 10.0. The van der Waals surface area contributed by atoms with Crippen molar-refractivity contribution in [2.45, 2.75) is 6.92 Å². The van der Waals surface area contributed by atoms with Crippen molar-refractivity contribution in [2.24, 2.45) is 0 Å². The van der Waals surface area contributed by atoms with E-state index < -0.39 is 0 Å². The molecule has 0 aliphatic rings. The highest BCUT2D eigenvalue weighted by Crippen LogP contribution is 2.33. The second kappa shape index (κ2) is 3.41. The molecule has 1 aromatic carbocycles. The number of methoxy groups -OCH3 is 1. The molecule has 0 saturated carbocycles. The molecule has 2 aromatic heterocycles. The Balaban J connectivity index is 2.63. The van der Waals surface area contributed by atoms with Crippen molar-refractivity contribution in [3.8, 4) is 5.75 Å². The first-order valence-corrected chi connectivity index (χ1v) is 5.18. The zero-order valence-electron chi connectivity index (χ0n) is 9.41. The van der Waals surface area contributed by atoms with E-state index in [1.165, 1.54) is 12.3 Å².